The van der Waals surface area contributed by atoms with Crippen molar-refractivity contribution >= 4 is 34.4 Å². The van der Waals surface area contributed by atoms with Gasteiger partial charge < -0.3 is 25.4 Å². The topological polar surface area (TPSA) is 108 Å². The van der Waals surface area contributed by atoms with Crippen LogP contribution in [-0.4, -0.2) is 45.6 Å². The summed E-state index contributed by atoms with van der Waals surface area (Å²) >= 11 is 0. The Balaban J connectivity index is 1.64. The number of nitrogens with zero attached hydrogens (tertiary/aromatic N) is 1. The Labute approximate surface area is 216 Å². The molecule has 1 aliphatic rings. The van der Waals surface area contributed by atoms with Crippen LogP contribution in [0.25, 0.3) is 10.8 Å². The quantitative estimate of drug-likeness (QED) is 0.414. The summed E-state index contributed by atoms with van der Waals surface area (Å²) in [6.45, 7) is 6.77. The first-order chi connectivity index (χ1) is 17.5. The summed E-state index contributed by atoms with van der Waals surface area (Å²) in [5, 5.41) is 18.2. The van der Waals surface area contributed by atoms with E-state index in [-0.39, 0.29) is 11.8 Å². The number of alkyl carbamates (subject to hydrolysis) is 1. The first-order valence-electron chi connectivity index (χ1n) is 12.4. The minimum Gasteiger partial charge on any atom is -0.508 e. The van der Waals surface area contributed by atoms with Gasteiger partial charge in [0.05, 0.1) is 0 Å². The molecule has 37 heavy (non-hydrogen) atoms. The van der Waals surface area contributed by atoms with Crippen molar-refractivity contribution in [2.45, 2.75) is 64.3 Å². The van der Waals surface area contributed by atoms with Gasteiger partial charge in [-0.3, -0.25) is 9.59 Å². The zero-order valence-electron chi connectivity index (χ0n) is 21.5. The van der Waals surface area contributed by atoms with Gasteiger partial charge in [0.25, 0.3) is 5.91 Å². The number of phenolic OH excluding ortho intramolecular Hbond substituents is 1. The average Bonchev–Trinajstić information content (AvgIpc) is 3.66. The number of hydrogen-bond acceptors (Lipinski definition) is 5. The van der Waals surface area contributed by atoms with Gasteiger partial charge >= 0.3 is 6.09 Å². The van der Waals surface area contributed by atoms with Gasteiger partial charge in [-0.25, -0.2) is 4.79 Å². The SMILES string of the molecule is CC(NC(=O)OC(C)(C)C)C(=O)N(C1CC1)C(C(=O)Nc1ccc2ccccc2c1)c1ccccc1O. The third kappa shape index (κ3) is 6.39. The molecule has 0 radical (unpaired) electrons. The molecule has 1 saturated carbocycles. The van der Waals surface area contributed by atoms with Crippen LogP contribution in [0.2, 0.25) is 0 Å². The van der Waals surface area contributed by atoms with E-state index in [2.05, 4.69) is 10.6 Å². The summed E-state index contributed by atoms with van der Waals surface area (Å²) in [5.74, 6) is -0.982. The number of nitrogens with one attached hydrogen (secondary N) is 2. The molecule has 1 aliphatic carbocycles. The maximum absolute atomic E-state index is 13.8. The molecule has 8 heteroatoms. The van der Waals surface area contributed by atoms with Crippen molar-refractivity contribution in [3.63, 3.8) is 0 Å². The molecular formula is C29H33N3O5. The number of rotatable bonds is 7. The molecule has 3 amide bonds. The molecular weight excluding hydrogens is 470 g/mol. The Kier molecular flexibility index (Phi) is 7.38. The number of aromatic hydroxyl groups is 1. The molecule has 3 aromatic rings. The van der Waals surface area contributed by atoms with Crippen LogP contribution in [-0.2, 0) is 14.3 Å². The second-order valence-corrected chi connectivity index (χ2v) is 10.4. The fourth-order valence-electron chi connectivity index (χ4n) is 4.25. The zero-order chi connectivity index (χ0) is 26.7. The highest BCUT2D eigenvalue weighted by atomic mass is 16.6. The molecule has 0 spiro atoms. The fourth-order valence-corrected chi connectivity index (χ4v) is 4.25. The summed E-state index contributed by atoms with van der Waals surface area (Å²) in [6.07, 6.45) is 0.722. The predicted octanol–water partition coefficient (Wildman–Crippen LogP) is 5.13. The molecule has 8 nitrogen and oxygen atoms in total. The summed E-state index contributed by atoms with van der Waals surface area (Å²) in [6, 6.07) is 17.6. The van der Waals surface area contributed by atoms with Crippen LogP contribution in [0, 0.1) is 0 Å². The van der Waals surface area contributed by atoms with E-state index >= 15 is 0 Å². The molecule has 0 saturated heterocycles. The van der Waals surface area contributed by atoms with E-state index in [0.29, 0.717) is 11.3 Å². The molecule has 0 aliphatic heterocycles. The minimum atomic E-state index is -1.10. The third-order valence-electron chi connectivity index (χ3n) is 6.07. The van der Waals surface area contributed by atoms with Crippen LogP contribution in [0.3, 0.4) is 0 Å². The van der Waals surface area contributed by atoms with Crippen molar-refractivity contribution in [2.24, 2.45) is 0 Å². The highest BCUT2D eigenvalue weighted by molar-refractivity contribution is 6.00. The summed E-state index contributed by atoms with van der Waals surface area (Å²) in [4.78, 5) is 41.3. The number of carbonyl (C=O) groups excluding carboxylic acids is 3. The van der Waals surface area contributed by atoms with Gasteiger partial charge in [-0.1, -0.05) is 48.5 Å². The number of benzene rings is 3. The number of fused-ring (bicyclic) bond motifs is 1. The Bertz CT molecular complexity index is 1310. The molecule has 1 fully saturated rings. The van der Waals surface area contributed by atoms with E-state index in [9.17, 15) is 19.5 Å². The normalized spacial score (nSPS) is 14.9. The zero-order valence-corrected chi connectivity index (χ0v) is 21.5. The first-order valence-corrected chi connectivity index (χ1v) is 12.4. The third-order valence-corrected chi connectivity index (χ3v) is 6.07. The second-order valence-electron chi connectivity index (χ2n) is 10.4. The van der Waals surface area contributed by atoms with Crippen molar-refractivity contribution in [1.82, 2.24) is 10.2 Å². The lowest BCUT2D eigenvalue weighted by Gasteiger charge is -2.34. The number of amides is 3. The highest BCUT2D eigenvalue weighted by Crippen LogP contribution is 2.38. The van der Waals surface area contributed by atoms with Gasteiger partial charge in [0.1, 0.15) is 23.4 Å². The molecule has 2 unspecified atom stereocenters. The molecule has 0 bridgehead atoms. The van der Waals surface area contributed by atoms with E-state index in [1.165, 1.54) is 11.0 Å². The molecule has 2 atom stereocenters. The summed E-state index contributed by atoms with van der Waals surface area (Å²) in [5.41, 5.74) is 0.166. The van der Waals surface area contributed by atoms with Gasteiger partial charge in [0, 0.05) is 17.3 Å². The molecule has 194 valence electrons. The standard InChI is InChI=1S/C29H33N3O5/c1-18(30-28(36)37-29(2,3)4)27(35)32(22-15-16-22)25(23-11-7-8-12-24(23)33)26(34)31-21-14-13-19-9-5-6-10-20(19)17-21/h5-14,17-18,22,25,33H,15-16H2,1-4H3,(H,30,36)(H,31,34). The van der Waals surface area contributed by atoms with Crippen LogP contribution < -0.4 is 10.6 Å². The minimum absolute atomic E-state index is 0.0904. The predicted molar refractivity (Wildman–Crippen MR) is 142 cm³/mol. The van der Waals surface area contributed by atoms with Crippen LogP contribution in [0.15, 0.2) is 66.7 Å². The number of carbonyl (C=O) groups is 3. The summed E-state index contributed by atoms with van der Waals surface area (Å²) in [7, 11) is 0. The van der Waals surface area contributed by atoms with Crippen molar-refractivity contribution in [3.05, 3.63) is 72.3 Å². The van der Waals surface area contributed by atoms with E-state index in [1.807, 2.05) is 36.4 Å². The lowest BCUT2D eigenvalue weighted by Crippen LogP contribution is -2.52. The number of phenols is 1. The smallest absolute Gasteiger partial charge is 0.408 e. The van der Waals surface area contributed by atoms with Crippen molar-refractivity contribution in [3.8, 4) is 5.75 Å². The Hall–Kier alpha value is -4.07. The van der Waals surface area contributed by atoms with Gasteiger partial charge in [0.2, 0.25) is 5.91 Å². The Morgan fingerprint density at radius 2 is 1.62 bits per heavy atom. The van der Waals surface area contributed by atoms with Gasteiger partial charge in [-0.15, -0.1) is 0 Å². The Morgan fingerprint density at radius 1 is 0.973 bits per heavy atom. The maximum atomic E-state index is 13.8. The molecule has 3 N–H and O–H groups in total. The van der Waals surface area contributed by atoms with E-state index < -0.39 is 35.6 Å². The van der Waals surface area contributed by atoms with E-state index in [1.54, 1.807) is 52.0 Å². The van der Waals surface area contributed by atoms with Crippen LogP contribution >= 0.6 is 0 Å². The van der Waals surface area contributed by atoms with Gasteiger partial charge in [-0.2, -0.15) is 0 Å². The van der Waals surface area contributed by atoms with E-state index in [4.69, 9.17) is 4.74 Å². The number of para-hydroxylation sites is 1. The lowest BCUT2D eigenvalue weighted by molar-refractivity contribution is -0.141. The van der Waals surface area contributed by atoms with Crippen LogP contribution in [0.5, 0.6) is 5.75 Å². The number of hydrogen-bond donors (Lipinski definition) is 3. The Morgan fingerprint density at radius 3 is 2.27 bits per heavy atom. The molecule has 4 rings (SSSR count). The van der Waals surface area contributed by atoms with Crippen LogP contribution in [0.4, 0.5) is 10.5 Å². The largest absolute Gasteiger partial charge is 0.508 e. The van der Waals surface area contributed by atoms with Crippen LogP contribution in [0.1, 0.15) is 52.1 Å². The van der Waals surface area contributed by atoms with Gasteiger partial charge in [0.15, 0.2) is 0 Å². The van der Waals surface area contributed by atoms with Crippen molar-refractivity contribution < 1.29 is 24.2 Å². The first kappa shape index (κ1) is 26.0. The number of ether oxygens (including phenoxy) is 1. The second kappa shape index (κ2) is 10.5. The van der Waals surface area contributed by atoms with Crippen molar-refractivity contribution in [2.75, 3.05) is 5.32 Å². The van der Waals surface area contributed by atoms with E-state index in [0.717, 1.165) is 23.6 Å². The summed E-state index contributed by atoms with van der Waals surface area (Å²) < 4.78 is 5.30. The van der Waals surface area contributed by atoms with Gasteiger partial charge in [-0.05, 0) is 69.5 Å². The molecule has 0 heterocycles. The lowest BCUT2D eigenvalue weighted by atomic mass is 10.0. The highest BCUT2D eigenvalue weighted by Gasteiger charge is 2.44. The average molecular weight is 504 g/mol. The number of anilines is 1. The van der Waals surface area contributed by atoms with Crippen molar-refractivity contribution in [1.29, 1.82) is 0 Å². The monoisotopic (exact) mass is 503 g/mol. The fraction of sp³-hybridized carbons (Fsp3) is 0.345. The maximum Gasteiger partial charge on any atom is 0.408 e. The molecule has 0 aromatic heterocycles. The molecule has 3 aromatic carbocycles.